The average Bonchev–Trinajstić information content (AvgIpc) is 2.53. The van der Waals surface area contributed by atoms with Crippen LogP contribution in [0.15, 0.2) is 15.9 Å². The molecule has 0 amide bonds. The fraction of sp³-hybridized carbons (Fsp3) is 0.500. The second kappa shape index (κ2) is 4.91. The fourth-order valence-electron chi connectivity index (χ4n) is 1.31. The summed E-state index contributed by atoms with van der Waals surface area (Å²) in [6, 6.07) is 1.93. The molecule has 0 aromatic carbocycles. The molecule has 0 aliphatic rings. The van der Waals surface area contributed by atoms with Crippen LogP contribution in [-0.2, 0) is 0 Å². The van der Waals surface area contributed by atoms with Crippen molar-refractivity contribution in [3.8, 4) is 0 Å². The van der Waals surface area contributed by atoms with Crippen molar-refractivity contribution in [3.05, 3.63) is 20.8 Å². The van der Waals surface area contributed by atoms with E-state index in [1.807, 2.05) is 11.4 Å². The Bertz CT molecular complexity index is 289. The molecule has 1 heterocycles. The van der Waals surface area contributed by atoms with Crippen LogP contribution in [0.25, 0.3) is 0 Å². The highest BCUT2D eigenvalue weighted by atomic mass is 79.9. The molecule has 0 N–H and O–H groups in total. The van der Waals surface area contributed by atoms with Gasteiger partial charge in [-0.1, -0.05) is 13.8 Å². The number of hydrogen-bond donors (Lipinski definition) is 0. The summed E-state index contributed by atoms with van der Waals surface area (Å²) in [5.41, 5.74) is 0. The van der Waals surface area contributed by atoms with Gasteiger partial charge in [0.05, 0.1) is 4.88 Å². The smallest absolute Gasteiger partial charge is 0.176 e. The molecule has 13 heavy (non-hydrogen) atoms. The summed E-state index contributed by atoms with van der Waals surface area (Å²) < 4.78 is 0.939. The Kier molecular flexibility index (Phi) is 4.13. The third kappa shape index (κ3) is 2.41. The largest absolute Gasteiger partial charge is 0.293 e. The van der Waals surface area contributed by atoms with Crippen molar-refractivity contribution in [3.63, 3.8) is 0 Å². The zero-order valence-electron chi connectivity index (χ0n) is 7.84. The molecule has 1 aromatic heterocycles. The van der Waals surface area contributed by atoms with Gasteiger partial charge >= 0.3 is 0 Å². The highest BCUT2D eigenvalue weighted by Crippen LogP contribution is 2.27. The maximum Gasteiger partial charge on any atom is 0.176 e. The fourth-order valence-corrected chi connectivity index (χ4v) is 2.90. The van der Waals surface area contributed by atoms with Gasteiger partial charge in [-0.25, -0.2) is 0 Å². The maximum atomic E-state index is 11.9. The van der Waals surface area contributed by atoms with Gasteiger partial charge in [-0.3, -0.25) is 4.79 Å². The second-order valence-corrected chi connectivity index (χ2v) is 4.75. The van der Waals surface area contributed by atoms with E-state index in [4.69, 9.17) is 0 Å². The standard InChI is InChI=1S/C10H13BrOS/c1-3-7(4-2)9(12)10-8(11)5-6-13-10/h5-7H,3-4H2,1-2H3. The van der Waals surface area contributed by atoms with E-state index in [2.05, 4.69) is 29.8 Å². The summed E-state index contributed by atoms with van der Waals surface area (Å²) in [5, 5.41) is 1.94. The zero-order chi connectivity index (χ0) is 9.84. The summed E-state index contributed by atoms with van der Waals surface area (Å²) in [6.07, 6.45) is 1.86. The van der Waals surface area contributed by atoms with Crippen LogP contribution in [0.5, 0.6) is 0 Å². The quantitative estimate of drug-likeness (QED) is 0.745. The molecule has 0 aliphatic heterocycles. The summed E-state index contributed by atoms with van der Waals surface area (Å²) in [4.78, 5) is 12.7. The van der Waals surface area contributed by atoms with E-state index in [1.54, 1.807) is 0 Å². The lowest BCUT2D eigenvalue weighted by Gasteiger charge is -2.09. The van der Waals surface area contributed by atoms with Crippen molar-refractivity contribution in [2.45, 2.75) is 26.7 Å². The topological polar surface area (TPSA) is 17.1 Å². The number of rotatable bonds is 4. The molecule has 1 aromatic rings. The predicted molar refractivity (Wildman–Crippen MR) is 60.4 cm³/mol. The molecule has 0 spiro atoms. The van der Waals surface area contributed by atoms with Crippen LogP contribution in [0, 0.1) is 5.92 Å². The zero-order valence-corrected chi connectivity index (χ0v) is 10.2. The first-order chi connectivity index (χ1) is 6.20. The lowest BCUT2D eigenvalue weighted by atomic mass is 9.97. The molecule has 0 atom stereocenters. The third-order valence-corrected chi connectivity index (χ3v) is 4.05. The SMILES string of the molecule is CCC(CC)C(=O)c1sccc1Br. The van der Waals surface area contributed by atoms with Gasteiger partial charge in [-0.05, 0) is 40.2 Å². The first-order valence-corrected chi connectivity index (χ1v) is 6.15. The van der Waals surface area contributed by atoms with Crippen LogP contribution in [-0.4, -0.2) is 5.78 Å². The second-order valence-electron chi connectivity index (χ2n) is 2.98. The number of carbonyl (C=O) groups is 1. The lowest BCUT2D eigenvalue weighted by molar-refractivity contribution is 0.0917. The Morgan fingerprint density at radius 3 is 2.54 bits per heavy atom. The Balaban J connectivity index is 2.84. The molecule has 1 nitrogen and oxygen atoms in total. The van der Waals surface area contributed by atoms with Crippen LogP contribution < -0.4 is 0 Å². The monoisotopic (exact) mass is 260 g/mol. The van der Waals surface area contributed by atoms with Gasteiger partial charge in [0.25, 0.3) is 0 Å². The highest BCUT2D eigenvalue weighted by molar-refractivity contribution is 9.10. The van der Waals surface area contributed by atoms with Gasteiger partial charge < -0.3 is 0 Å². The third-order valence-electron chi connectivity index (χ3n) is 2.20. The Morgan fingerprint density at radius 1 is 1.54 bits per heavy atom. The Labute approximate surface area is 91.3 Å². The van der Waals surface area contributed by atoms with Crippen LogP contribution in [0.1, 0.15) is 36.4 Å². The van der Waals surface area contributed by atoms with Crippen molar-refractivity contribution in [2.75, 3.05) is 0 Å². The van der Waals surface area contributed by atoms with E-state index in [1.165, 1.54) is 11.3 Å². The number of Topliss-reactive ketones (excluding diaryl/α,β-unsaturated/α-hetero) is 1. The first kappa shape index (κ1) is 10.9. The molecular formula is C10H13BrOS. The summed E-state index contributed by atoms with van der Waals surface area (Å²) in [5.74, 6) is 0.474. The summed E-state index contributed by atoms with van der Waals surface area (Å²) in [7, 11) is 0. The normalized spacial score (nSPS) is 10.8. The van der Waals surface area contributed by atoms with E-state index in [0.29, 0.717) is 0 Å². The molecule has 0 saturated heterocycles. The van der Waals surface area contributed by atoms with Crippen LogP contribution in [0.3, 0.4) is 0 Å². The molecule has 72 valence electrons. The number of hydrogen-bond acceptors (Lipinski definition) is 2. The van der Waals surface area contributed by atoms with Crippen LogP contribution in [0.4, 0.5) is 0 Å². The number of halogens is 1. The Hall–Kier alpha value is -0.150. The van der Waals surface area contributed by atoms with E-state index in [-0.39, 0.29) is 11.7 Å². The average molecular weight is 261 g/mol. The van der Waals surface area contributed by atoms with Crippen LogP contribution >= 0.6 is 27.3 Å². The molecular weight excluding hydrogens is 248 g/mol. The lowest BCUT2D eigenvalue weighted by Crippen LogP contribution is -2.11. The molecule has 0 saturated carbocycles. The van der Waals surface area contributed by atoms with Gasteiger partial charge in [0.1, 0.15) is 0 Å². The summed E-state index contributed by atoms with van der Waals surface area (Å²) >= 11 is 4.90. The first-order valence-electron chi connectivity index (χ1n) is 4.47. The highest BCUT2D eigenvalue weighted by Gasteiger charge is 2.19. The van der Waals surface area contributed by atoms with E-state index < -0.39 is 0 Å². The molecule has 0 bridgehead atoms. The number of ketones is 1. The van der Waals surface area contributed by atoms with Gasteiger partial charge in [0.15, 0.2) is 5.78 Å². The Morgan fingerprint density at radius 2 is 2.15 bits per heavy atom. The predicted octanol–water partition coefficient (Wildman–Crippen LogP) is 4.13. The van der Waals surface area contributed by atoms with Gasteiger partial charge in [-0.2, -0.15) is 0 Å². The minimum absolute atomic E-state index is 0.190. The van der Waals surface area contributed by atoms with E-state index in [0.717, 1.165) is 22.2 Å². The van der Waals surface area contributed by atoms with Gasteiger partial charge in [0.2, 0.25) is 0 Å². The minimum atomic E-state index is 0.190. The molecule has 3 heteroatoms. The van der Waals surface area contributed by atoms with Crippen molar-refractivity contribution in [1.29, 1.82) is 0 Å². The molecule has 0 fully saturated rings. The van der Waals surface area contributed by atoms with Crippen molar-refractivity contribution in [1.82, 2.24) is 0 Å². The van der Waals surface area contributed by atoms with Crippen molar-refractivity contribution < 1.29 is 4.79 Å². The number of carbonyl (C=O) groups excluding carboxylic acids is 1. The van der Waals surface area contributed by atoms with Gasteiger partial charge in [-0.15, -0.1) is 11.3 Å². The minimum Gasteiger partial charge on any atom is -0.293 e. The van der Waals surface area contributed by atoms with E-state index >= 15 is 0 Å². The van der Waals surface area contributed by atoms with Gasteiger partial charge in [0, 0.05) is 10.4 Å². The molecule has 1 rings (SSSR count). The van der Waals surface area contributed by atoms with Crippen molar-refractivity contribution >= 4 is 33.0 Å². The summed E-state index contributed by atoms with van der Waals surface area (Å²) in [6.45, 7) is 4.13. The molecule has 0 radical (unpaired) electrons. The number of thiophene rings is 1. The molecule has 0 unspecified atom stereocenters. The van der Waals surface area contributed by atoms with Crippen LogP contribution in [0.2, 0.25) is 0 Å². The van der Waals surface area contributed by atoms with Crippen molar-refractivity contribution in [2.24, 2.45) is 5.92 Å². The van der Waals surface area contributed by atoms with E-state index in [9.17, 15) is 4.79 Å². The maximum absolute atomic E-state index is 11.9. The molecule has 0 aliphatic carbocycles.